The lowest BCUT2D eigenvalue weighted by atomic mass is 10.0. The number of amides is 1. The number of carbonyl (C=O) groups excluding carboxylic acids is 1. The summed E-state index contributed by atoms with van der Waals surface area (Å²) in [5, 5.41) is 0.574. The van der Waals surface area contributed by atoms with Crippen LogP contribution in [0.1, 0.15) is 32.5 Å². The third kappa shape index (κ3) is 3.14. The standard InChI is InChI=1S/C18H23N3O2/c1-3-16-19-15-9-5-4-8-14(15)18(23)21(16)12-17(22)20-10-6-7-13(2)11-20/h4-5,8-9,13H,3,6-7,10-12H2,1-2H3. The van der Waals surface area contributed by atoms with Crippen molar-refractivity contribution in [2.24, 2.45) is 5.92 Å². The molecule has 0 spiro atoms. The van der Waals surface area contributed by atoms with Crippen molar-refractivity contribution in [1.29, 1.82) is 0 Å². The molecule has 1 aliphatic heterocycles. The smallest absolute Gasteiger partial charge is 0.261 e. The molecule has 0 bridgehead atoms. The lowest BCUT2D eigenvalue weighted by Crippen LogP contribution is -2.42. The van der Waals surface area contributed by atoms with Gasteiger partial charge in [-0.25, -0.2) is 4.98 Å². The molecule has 1 saturated heterocycles. The van der Waals surface area contributed by atoms with Gasteiger partial charge in [0.15, 0.2) is 0 Å². The average molecular weight is 313 g/mol. The van der Waals surface area contributed by atoms with Crippen molar-refractivity contribution < 1.29 is 4.79 Å². The largest absolute Gasteiger partial charge is 0.341 e. The summed E-state index contributed by atoms with van der Waals surface area (Å²) in [6, 6.07) is 7.32. The molecular formula is C18H23N3O2. The zero-order valence-electron chi connectivity index (χ0n) is 13.8. The minimum absolute atomic E-state index is 0.0189. The van der Waals surface area contributed by atoms with Crippen LogP contribution in [0.2, 0.25) is 0 Å². The van der Waals surface area contributed by atoms with Gasteiger partial charge in [-0.3, -0.25) is 14.2 Å². The molecule has 0 aliphatic carbocycles. The van der Waals surface area contributed by atoms with Crippen molar-refractivity contribution in [2.45, 2.75) is 39.7 Å². The van der Waals surface area contributed by atoms with Gasteiger partial charge in [0.25, 0.3) is 5.56 Å². The molecule has 2 heterocycles. The molecule has 23 heavy (non-hydrogen) atoms. The van der Waals surface area contributed by atoms with E-state index in [1.165, 1.54) is 6.42 Å². The number of likely N-dealkylation sites (tertiary alicyclic amines) is 1. The minimum Gasteiger partial charge on any atom is -0.341 e. The summed E-state index contributed by atoms with van der Waals surface area (Å²) in [7, 11) is 0. The molecule has 1 atom stereocenters. The summed E-state index contributed by atoms with van der Waals surface area (Å²) >= 11 is 0. The van der Waals surface area contributed by atoms with E-state index in [2.05, 4.69) is 11.9 Å². The van der Waals surface area contributed by atoms with E-state index in [-0.39, 0.29) is 18.0 Å². The summed E-state index contributed by atoms with van der Waals surface area (Å²) in [6.45, 7) is 5.80. The van der Waals surface area contributed by atoms with E-state index >= 15 is 0 Å². The third-order valence-corrected chi connectivity index (χ3v) is 4.56. The van der Waals surface area contributed by atoms with Crippen LogP contribution in [0, 0.1) is 5.92 Å². The van der Waals surface area contributed by atoms with Crippen molar-refractivity contribution >= 4 is 16.8 Å². The number of benzene rings is 1. The van der Waals surface area contributed by atoms with Crippen LogP contribution in [0.15, 0.2) is 29.1 Å². The van der Waals surface area contributed by atoms with Gasteiger partial charge in [-0.05, 0) is 30.9 Å². The molecule has 122 valence electrons. The molecule has 5 nitrogen and oxygen atoms in total. The van der Waals surface area contributed by atoms with Gasteiger partial charge in [0, 0.05) is 19.5 Å². The highest BCUT2D eigenvalue weighted by Gasteiger charge is 2.22. The summed E-state index contributed by atoms with van der Waals surface area (Å²) in [5.41, 5.74) is 0.579. The monoisotopic (exact) mass is 313 g/mol. The lowest BCUT2D eigenvalue weighted by Gasteiger charge is -2.31. The fraction of sp³-hybridized carbons (Fsp3) is 0.500. The number of piperidine rings is 1. The SMILES string of the molecule is CCc1nc2ccccc2c(=O)n1CC(=O)N1CCCC(C)C1. The quantitative estimate of drug-likeness (QED) is 0.873. The van der Waals surface area contributed by atoms with E-state index in [0.29, 0.717) is 29.1 Å². The second-order valence-electron chi connectivity index (χ2n) is 6.38. The van der Waals surface area contributed by atoms with Crippen LogP contribution in [0.4, 0.5) is 0 Å². The molecule has 5 heteroatoms. The first-order valence-electron chi connectivity index (χ1n) is 8.36. The molecule has 0 N–H and O–H groups in total. The predicted octanol–water partition coefficient (Wildman–Crippen LogP) is 2.22. The molecule has 2 aromatic rings. The van der Waals surface area contributed by atoms with Crippen LogP contribution in [0.5, 0.6) is 0 Å². The highest BCUT2D eigenvalue weighted by Crippen LogP contribution is 2.16. The normalized spacial score (nSPS) is 18.3. The first-order valence-corrected chi connectivity index (χ1v) is 8.36. The number of fused-ring (bicyclic) bond motifs is 1. The molecule has 0 radical (unpaired) electrons. The summed E-state index contributed by atoms with van der Waals surface area (Å²) < 4.78 is 1.55. The number of nitrogens with zero attached hydrogens (tertiary/aromatic N) is 3. The fourth-order valence-electron chi connectivity index (χ4n) is 3.30. The van der Waals surface area contributed by atoms with Crippen LogP contribution >= 0.6 is 0 Å². The van der Waals surface area contributed by atoms with Crippen LogP contribution in [-0.2, 0) is 17.8 Å². The Morgan fingerprint density at radius 2 is 2.13 bits per heavy atom. The van der Waals surface area contributed by atoms with E-state index in [1.54, 1.807) is 10.6 Å². The topological polar surface area (TPSA) is 55.2 Å². The molecule has 1 aliphatic rings. The van der Waals surface area contributed by atoms with Gasteiger partial charge in [0.2, 0.25) is 5.91 Å². The van der Waals surface area contributed by atoms with Crippen LogP contribution in [0.25, 0.3) is 10.9 Å². The van der Waals surface area contributed by atoms with Gasteiger partial charge in [-0.2, -0.15) is 0 Å². The second-order valence-corrected chi connectivity index (χ2v) is 6.38. The molecule has 1 amide bonds. The molecule has 3 rings (SSSR count). The number of hydrogen-bond acceptors (Lipinski definition) is 3. The number of hydrogen-bond donors (Lipinski definition) is 0. The minimum atomic E-state index is -0.120. The van der Waals surface area contributed by atoms with Crippen molar-refractivity contribution in [1.82, 2.24) is 14.5 Å². The van der Waals surface area contributed by atoms with Crippen molar-refractivity contribution in [2.75, 3.05) is 13.1 Å². The van der Waals surface area contributed by atoms with Crippen molar-refractivity contribution in [3.63, 3.8) is 0 Å². The van der Waals surface area contributed by atoms with Gasteiger partial charge in [-0.15, -0.1) is 0 Å². The van der Waals surface area contributed by atoms with E-state index < -0.39 is 0 Å². The molecule has 1 aromatic carbocycles. The lowest BCUT2D eigenvalue weighted by molar-refractivity contribution is -0.133. The Labute approximate surface area is 135 Å². The highest BCUT2D eigenvalue weighted by molar-refractivity contribution is 5.79. The Morgan fingerprint density at radius 3 is 2.87 bits per heavy atom. The Kier molecular flexibility index (Phi) is 4.46. The summed E-state index contributed by atoms with van der Waals surface area (Å²) in [6.07, 6.45) is 2.84. The van der Waals surface area contributed by atoms with E-state index in [9.17, 15) is 9.59 Å². The van der Waals surface area contributed by atoms with Crippen LogP contribution in [0.3, 0.4) is 0 Å². The first kappa shape index (κ1) is 15.7. The van der Waals surface area contributed by atoms with Gasteiger partial charge in [0.05, 0.1) is 10.9 Å². The zero-order valence-corrected chi connectivity index (χ0v) is 13.8. The summed E-state index contributed by atoms with van der Waals surface area (Å²) in [5.74, 6) is 1.22. The molecule has 1 aromatic heterocycles. The Bertz CT molecular complexity index is 781. The molecule has 0 saturated carbocycles. The maximum Gasteiger partial charge on any atom is 0.261 e. The number of carbonyl (C=O) groups is 1. The van der Waals surface area contributed by atoms with Crippen LogP contribution < -0.4 is 5.56 Å². The first-order chi connectivity index (χ1) is 11.1. The Hall–Kier alpha value is -2.17. The van der Waals surface area contributed by atoms with Crippen molar-refractivity contribution in [3.8, 4) is 0 Å². The van der Waals surface area contributed by atoms with Gasteiger partial charge in [0.1, 0.15) is 12.4 Å². The van der Waals surface area contributed by atoms with E-state index in [4.69, 9.17) is 0 Å². The Morgan fingerprint density at radius 1 is 1.35 bits per heavy atom. The molecular weight excluding hydrogens is 290 g/mol. The van der Waals surface area contributed by atoms with E-state index in [0.717, 1.165) is 19.5 Å². The fourth-order valence-corrected chi connectivity index (χ4v) is 3.30. The third-order valence-electron chi connectivity index (χ3n) is 4.56. The van der Waals surface area contributed by atoms with Gasteiger partial charge in [-0.1, -0.05) is 26.0 Å². The van der Waals surface area contributed by atoms with Gasteiger partial charge < -0.3 is 4.90 Å². The molecule has 1 unspecified atom stereocenters. The maximum atomic E-state index is 12.7. The number of para-hydroxylation sites is 1. The number of aromatic nitrogens is 2. The predicted molar refractivity (Wildman–Crippen MR) is 90.4 cm³/mol. The highest BCUT2D eigenvalue weighted by atomic mass is 16.2. The number of rotatable bonds is 3. The number of aryl methyl sites for hydroxylation is 1. The Balaban J connectivity index is 1.94. The molecule has 1 fully saturated rings. The van der Waals surface area contributed by atoms with Crippen LogP contribution in [-0.4, -0.2) is 33.4 Å². The second kappa shape index (κ2) is 6.52. The van der Waals surface area contributed by atoms with Gasteiger partial charge >= 0.3 is 0 Å². The zero-order chi connectivity index (χ0) is 16.4. The average Bonchev–Trinajstić information content (AvgIpc) is 2.57. The van der Waals surface area contributed by atoms with E-state index in [1.807, 2.05) is 30.0 Å². The summed E-state index contributed by atoms with van der Waals surface area (Å²) in [4.78, 5) is 31.8. The maximum absolute atomic E-state index is 12.7. The van der Waals surface area contributed by atoms with Crippen molar-refractivity contribution in [3.05, 3.63) is 40.4 Å².